The molecule has 152 valence electrons. The predicted molar refractivity (Wildman–Crippen MR) is 113 cm³/mol. The second-order valence-corrected chi connectivity index (χ2v) is 7.74. The van der Waals surface area contributed by atoms with Crippen LogP contribution >= 0.6 is 11.6 Å². The normalized spacial score (nSPS) is 17.8. The van der Waals surface area contributed by atoms with Crippen molar-refractivity contribution in [3.05, 3.63) is 41.0 Å². The highest BCUT2D eigenvalue weighted by Crippen LogP contribution is 2.27. The highest BCUT2D eigenvalue weighted by Gasteiger charge is 2.22. The van der Waals surface area contributed by atoms with Crippen molar-refractivity contribution in [1.82, 2.24) is 20.8 Å². The molecule has 2 aromatic rings. The van der Waals surface area contributed by atoms with Gasteiger partial charge in [-0.2, -0.15) is 4.98 Å². The monoisotopic (exact) mass is 404 g/mol. The molecular formula is C20H29ClN6O. The number of rotatable bonds is 6. The summed E-state index contributed by atoms with van der Waals surface area (Å²) in [4.78, 5) is 11.1. The number of benzene rings is 1. The zero-order chi connectivity index (χ0) is 19.9. The van der Waals surface area contributed by atoms with Crippen LogP contribution in [-0.2, 0) is 6.42 Å². The number of hydrogen-bond donors (Lipinski definition) is 2. The molecule has 0 aliphatic carbocycles. The van der Waals surface area contributed by atoms with E-state index in [0.29, 0.717) is 24.9 Å². The number of piperidine rings is 1. The molecule has 2 heterocycles. The van der Waals surface area contributed by atoms with E-state index in [0.717, 1.165) is 48.4 Å². The first-order chi connectivity index (χ1) is 13.6. The number of hydrogen-bond acceptors (Lipinski definition) is 5. The first-order valence-corrected chi connectivity index (χ1v) is 10.2. The van der Waals surface area contributed by atoms with Gasteiger partial charge in [-0.05, 0) is 25.0 Å². The van der Waals surface area contributed by atoms with Gasteiger partial charge in [0.2, 0.25) is 5.89 Å². The predicted octanol–water partition coefficient (Wildman–Crippen LogP) is 3.22. The number of guanidine groups is 1. The lowest BCUT2D eigenvalue weighted by atomic mass is 10.0. The molecule has 8 heteroatoms. The minimum atomic E-state index is 0.271. The van der Waals surface area contributed by atoms with Crippen molar-refractivity contribution in [2.75, 3.05) is 31.6 Å². The van der Waals surface area contributed by atoms with E-state index in [1.807, 2.05) is 18.2 Å². The summed E-state index contributed by atoms with van der Waals surface area (Å²) in [6, 6.07) is 8.32. The molecule has 1 aliphatic rings. The molecule has 0 amide bonds. The zero-order valence-electron chi connectivity index (χ0n) is 16.8. The second kappa shape index (κ2) is 9.78. The molecule has 1 aliphatic heterocycles. The molecule has 1 atom stereocenters. The van der Waals surface area contributed by atoms with Crippen LogP contribution in [0.15, 0.2) is 33.8 Å². The van der Waals surface area contributed by atoms with Gasteiger partial charge in [0.15, 0.2) is 11.8 Å². The molecule has 28 heavy (non-hydrogen) atoms. The molecule has 0 spiro atoms. The minimum Gasteiger partial charge on any atom is -0.368 e. The molecule has 0 radical (unpaired) electrons. The van der Waals surface area contributed by atoms with Gasteiger partial charge in [-0.15, -0.1) is 0 Å². The van der Waals surface area contributed by atoms with Gasteiger partial charge >= 0.3 is 0 Å². The highest BCUT2D eigenvalue weighted by atomic mass is 35.5. The topological polar surface area (TPSA) is 78.6 Å². The van der Waals surface area contributed by atoms with Crippen LogP contribution < -0.4 is 15.5 Å². The standard InChI is InChI=1S/C20H29ClN6O/c1-14(2)19-25-18(28-26-19)10-11-23-20(22-3)24-15-7-6-12-27(13-15)17-9-5-4-8-16(17)21/h4-5,8-9,14-15H,6-7,10-13H2,1-3H3,(H2,22,23,24). The maximum absolute atomic E-state index is 6.37. The molecule has 1 aromatic carbocycles. The number of anilines is 1. The van der Waals surface area contributed by atoms with E-state index in [2.05, 4.69) is 50.6 Å². The van der Waals surface area contributed by atoms with Crippen LogP contribution in [-0.4, -0.2) is 48.8 Å². The smallest absolute Gasteiger partial charge is 0.228 e. The Hall–Kier alpha value is -2.28. The van der Waals surface area contributed by atoms with E-state index in [-0.39, 0.29) is 5.92 Å². The lowest BCUT2D eigenvalue weighted by molar-refractivity contribution is 0.371. The second-order valence-electron chi connectivity index (χ2n) is 7.33. The number of aromatic nitrogens is 2. The van der Waals surface area contributed by atoms with Crippen LogP contribution in [0.4, 0.5) is 5.69 Å². The number of nitrogens with one attached hydrogen (secondary N) is 2. The molecular weight excluding hydrogens is 376 g/mol. The van der Waals surface area contributed by atoms with E-state index in [4.69, 9.17) is 16.1 Å². The fourth-order valence-corrected chi connectivity index (χ4v) is 3.56. The third kappa shape index (κ3) is 5.38. The van der Waals surface area contributed by atoms with Crippen molar-refractivity contribution in [2.24, 2.45) is 4.99 Å². The summed E-state index contributed by atoms with van der Waals surface area (Å²) in [5, 5.41) is 11.7. The summed E-state index contributed by atoms with van der Waals surface area (Å²) in [5.41, 5.74) is 1.09. The van der Waals surface area contributed by atoms with Crippen molar-refractivity contribution in [1.29, 1.82) is 0 Å². The average molecular weight is 405 g/mol. The highest BCUT2D eigenvalue weighted by molar-refractivity contribution is 6.33. The van der Waals surface area contributed by atoms with Gasteiger partial charge < -0.3 is 20.1 Å². The van der Waals surface area contributed by atoms with Crippen molar-refractivity contribution < 1.29 is 4.52 Å². The van der Waals surface area contributed by atoms with Gasteiger partial charge in [0.1, 0.15) is 0 Å². The van der Waals surface area contributed by atoms with Crippen LogP contribution in [0.2, 0.25) is 5.02 Å². The maximum Gasteiger partial charge on any atom is 0.228 e. The van der Waals surface area contributed by atoms with Crippen LogP contribution in [0, 0.1) is 0 Å². The first-order valence-electron chi connectivity index (χ1n) is 9.86. The van der Waals surface area contributed by atoms with E-state index < -0.39 is 0 Å². The third-order valence-corrected chi connectivity index (χ3v) is 5.13. The summed E-state index contributed by atoms with van der Waals surface area (Å²) in [6.45, 7) is 6.69. The van der Waals surface area contributed by atoms with E-state index in [1.54, 1.807) is 7.05 Å². The molecule has 1 aromatic heterocycles. The first kappa shape index (κ1) is 20.5. The number of para-hydroxylation sites is 1. The largest absolute Gasteiger partial charge is 0.368 e. The summed E-state index contributed by atoms with van der Waals surface area (Å²) in [6.07, 6.45) is 2.87. The van der Waals surface area contributed by atoms with Crippen LogP contribution in [0.3, 0.4) is 0 Å². The average Bonchev–Trinajstić information content (AvgIpc) is 3.17. The van der Waals surface area contributed by atoms with Crippen molar-refractivity contribution in [2.45, 2.75) is 45.1 Å². The fourth-order valence-electron chi connectivity index (χ4n) is 3.30. The SMILES string of the molecule is CN=C(NCCc1nc(C(C)C)no1)NC1CCCN(c2ccccc2Cl)C1. The Morgan fingerprint density at radius 1 is 1.39 bits per heavy atom. The van der Waals surface area contributed by atoms with Crippen LogP contribution in [0.1, 0.15) is 44.3 Å². The number of nitrogens with zero attached hydrogens (tertiary/aromatic N) is 4. The van der Waals surface area contributed by atoms with Gasteiger partial charge in [-0.25, -0.2) is 0 Å². The maximum atomic E-state index is 6.37. The van der Waals surface area contributed by atoms with E-state index >= 15 is 0 Å². The number of halogens is 1. The third-order valence-electron chi connectivity index (χ3n) is 4.81. The van der Waals surface area contributed by atoms with Gasteiger partial charge in [-0.3, -0.25) is 4.99 Å². The molecule has 0 saturated carbocycles. The molecule has 3 rings (SSSR count). The quantitative estimate of drug-likeness (QED) is 0.568. The van der Waals surface area contributed by atoms with Crippen LogP contribution in [0.25, 0.3) is 0 Å². The Kier molecular flexibility index (Phi) is 7.14. The molecule has 1 saturated heterocycles. The summed E-state index contributed by atoms with van der Waals surface area (Å²) in [5.74, 6) is 2.45. The molecule has 7 nitrogen and oxygen atoms in total. The lowest BCUT2D eigenvalue weighted by Crippen LogP contribution is -2.51. The Morgan fingerprint density at radius 2 is 2.21 bits per heavy atom. The van der Waals surface area contributed by atoms with Crippen molar-refractivity contribution in [3.63, 3.8) is 0 Å². The Balaban J connectivity index is 1.49. The summed E-state index contributed by atoms with van der Waals surface area (Å²) in [7, 11) is 1.79. The Bertz CT molecular complexity index is 791. The molecule has 1 fully saturated rings. The van der Waals surface area contributed by atoms with Gasteiger partial charge in [0.05, 0.1) is 10.7 Å². The van der Waals surface area contributed by atoms with Crippen molar-refractivity contribution in [3.8, 4) is 0 Å². The number of aliphatic imine (C=N–C) groups is 1. The van der Waals surface area contributed by atoms with Gasteiger partial charge in [-0.1, -0.05) is 42.7 Å². The molecule has 2 N–H and O–H groups in total. The zero-order valence-corrected chi connectivity index (χ0v) is 17.5. The van der Waals surface area contributed by atoms with Crippen molar-refractivity contribution >= 4 is 23.2 Å². The lowest BCUT2D eigenvalue weighted by Gasteiger charge is -2.35. The van der Waals surface area contributed by atoms with E-state index in [1.165, 1.54) is 0 Å². The summed E-state index contributed by atoms with van der Waals surface area (Å²) < 4.78 is 5.29. The van der Waals surface area contributed by atoms with E-state index in [9.17, 15) is 0 Å². The van der Waals surface area contributed by atoms with Crippen LogP contribution in [0.5, 0.6) is 0 Å². The van der Waals surface area contributed by atoms with Gasteiger partial charge in [0.25, 0.3) is 0 Å². The molecule has 1 unspecified atom stereocenters. The molecule has 0 bridgehead atoms. The minimum absolute atomic E-state index is 0.271. The van der Waals surface area contributed by atoms with Gasteiger partial charge in [0, 0.05) is 45.1 Å². The Labute approximate surface area is 171 Å². The summed E-state index contributed by atoms with van der Waals surface area (Å²) >= 11 is 6.37. The fraction of sp³-hybridized carbons (Fsp3) is 0.550. The Morgan fingerprint density at radius 3 is 2.93 bits per heavy atom.